The van der Waals surface area contributed by atoms with E-state index in [-0.39, 0.29) is 11.0 Å². The van der Waals surface area contributed by atoms with E-state index in [1.165, 1.54) is 38.5 Å². The molecule has 31 heavy (non-hydrogen) atoms. The molecule has 1 aliphatic carbocycles. The number of nitrogens with one attached hydrogen (secondary N) is 2. The number of nitrogens with zero attached hydrogens (tertiary/aromatic N) is 2. The Hall–Kier alpha value is -1.64. The minimum atomic E-state index is -3.51. The third kappa shape index (κ3) is 5.59. The molecule has 4 rings (SSSR count). The van der Waals surface area contributed by atoms with E-state index in [1.54, 1.807) is 12.1 Å². The van der Waals surface area contributed by atoms with Crippen molar-refractivity contribution >= 4 is 16.0 Å². The summed E-state index contributed by atoms with van der Waals surface area (Å²) < 4.78 is 33.2. The number of likely N-dealkylation sites (tertiary alicyclic amines) is 1. The summed E-state index contributed by atoms with van der Waals surface area (Å²) in [6.07, 6.45) is 9.94. The Balaban J connectivity index is 1.29. The number of hydrogen-bond donors (Lipinski definition) is 2. The van der Waals surface area contributed by atoms with Gasteiger partial charge in [-0.25, -0.2) is 13.1 Å². The van der Waals surface area contributed by atoms with Crippen molar-refractivity contribution in [1.82, 2.24) is 14.9 Å². The molecule has 1 saturated carbocycles. The van der Waals surface area contributed by atoms with Crippen LogP contribution in [0.2, 0.25) is 0 Å². The molecule has 0 bridgehead atoms. The van der Waals surface area contributed by atoms with E-state index in [2.05, 4.69) is 19.9 Å². The van der Waals surface area contributed by atoms with Gasteiger partial charge in [0.2, 0.25) is 10.0 Å². The Kier molecular flexibility index (Phi) is 7.19. The fraction of sp³-hybridized carbons (Fsp3) is 0.696. The third-order valence-electron chi connectivity index (χ3n) is 7.07. The lowest BCUT2D eigenvalue weighted by molar-refractivity contribution is 0.114. The minimum Gasteiger partial charge on any atom is -0.377 e. The Bertz CT molecular complexity index is 857. The molecule has 1 aromatic rings. The maximum absolute atomic E-state index is 12.5. The van der Waals surface area contributed by atoms with Gasteiger partial charge in [0.25, 0.3) is 0 Å². The Morgan fingerprint density at radius 3 is 2.61 bits per heavy atom. The number of aliphatic imine (C=N–C) groups is 1. The van der Waals surface area contributed by atoms with Crippen molar-refractivity contribution in [2.75, 3.05) is 33.3 Å². The van der Waals surface area contributed by atoms with Gasteiger partial charge >= 0.3 is 0 Å². The zero-order chi connectivity index (χ0) is 21.7. The molecule has 172 valence electrons. The van der Waals surface area contributed by atoms with Crippen LogP contribution >= 0.6 is 0 Å². The molecule has 3 fully saturated rings. The summed E-state index contributed by atoms with van der Waals surface area (Å²) in [6.45, 7) is 3.84. The van der Waals surface area contributed by atoms with Gasteiger partial charge in [-0.1, -0.05) is 31.4 Å². The lowest BCUT2D eigenvalue weighted by Gasteiger charge is -2.33. The summed E-state index contributed by atoms with van der Waals surface area (Å²) in [5, 5.41) is 3.46. The fourth-order valence-corrected chi connectivity index (χ4v) is 6.28. The maximum atomic E-state index is 12.5. The molecule has 1 spiro atoms. The maximum Gasteiger partial charge on any atom is 0.240 e. The highest BCUT2D eigenvalue weighted by atomic mass is 32.2. The van der Waals surface area contributed by atoms with E-state index in [4.69, 9.17) is 4.74 Å². The van der Waals surface area contributed by atoms with Crippen LogP contribution in [0.4, 0.5) is 0 Å². The van der Waals surface area contributed by atoms with Crippen LogP contribution < -0.4 is 10.0 Å². The van der Waals surface area contributed by atoms with Crippen molar-refractivity contribution < 1.29 is 13.2 Å². The molecule has 7 nitrogen and oxygen atoms in total. The largest absolute Gasteiger partial charge is 0.377 e. The van der Waals surface area contributed by atoms with Gasteiger partial charge in [-0.2, -0.15) is 0 Å². The lowest BCUT2D eigenvalue weighted by Crippen LogP contribution is -2.41. The predicted octanol–water partition coefficient (Wildman–Crippen LogP) is 2.88. The van der Waals surface area contributed by atoms with E-state index in [0.29, 0.717) is 18.5 Å². The quantitative estimate of drug-likeness (QED) is 0.517. The van der Waals surface area contributed by atoms with Crippen molar-refractivity contribution in [3.05, 3.63) is 29.8 Å². The van der Waals surface area contributed by atoms with Crippen LogP contribution in [-0.2, 0) is 21.3 Å². The van der Waals surface area contributed by atoms with Gasteiger partial charge in [0, 0.05) is 39.8 Å². The van der Waals surface area contributed by atoms with Crippen LogP contribution in [0.1, 0.15) is 56.9 Å². The molecular weight excluding hydrogens is 412 g/mol. The van der Waals surface area contributed by atoms with Gasteiger partial charge in [0.1, 0.15) is 0 Å². The smallest absolute Gasteiger partial charge is 0.240 e. The standard InChI is InChI=1S/C23H36N4O3S/c1-24-22(27-14-13-23(18-27)11-3-2-4-12-23)25-16-19-7-9-21(10-8-19)31(28,29)26-17-20-6-5-15-30-20/h7-10,20,26H,2-6,11-18H2,1H3,(H,24,25). The van der Waals surface area contributed by atoms with Crippen LogP contribution in [0.15, 0.2) is 34.2 Å². The average Bonchev–Trinajstić information content (AvgIpc) is 3.45. The molecule has 2 N–H and O–H groups in total. The number of benzene rings is 1. The number of sulfonamides is 1. The molecule has 0 radical (unpaired) electrons. The molecular formula is C23H36N4O3S. The van der Waals surface area contributed by atoms with Gasteiger partial charge in [0.15, 0.2) is 5.96 Å². The zero-order valence-corrected chi connectivity index (χ0v) is 19.4. The first kappa shape index (κ1) is 22.6. The summed E-state index contributed by atoms with van der Waals surface area (Å²) in [6, 6.07) is 7.08. The molecule has 0 aromatic heterocycles. The van der Waals surface area contributed by atoms with Crippen LogP contribution in [0.5, 0.6) is 0 Å². The number of ether oxygens (including phenoxy) is 1. The Morgan fingerprint density at radius 1 is 1.16 bits per heavy atom. The Morgan fingerprint density at radius 2 is 1.94 bits per heavy atom. The average molecular weight is 449 g/mol. The first-order chi connectivity index (χ1) is 15.0. The van der Waals surface area contributed by atoms with Gasteiger partial charge in [-0.3, -0.25) is 4.99 Å². The molecule has 1 aromatic carbocycles. The summed E-state index contributed by atoms with van der Waals surface area (Å²) in [7, 11) is -1.67. The van der Waals surface area contributed by atoms with Gasteiger partial charge < -0.3 is 15.0 Å². The molecule has 8 heteroatoms. The van der Waals surface area contributed by atoms with Gasteiger partial charge in [0.05, 0.1) is 11.0 Å². The molecule has 2 aliphatic heterocycles. The van der Waals surface area contributed by atoms with Gasteiger partial charge in [-0.05, 0) is 55.2 Å². The summed E-state index contributed by atoms with van der Waals surface area (Å²) >= 11 is 0. The molecule has 1 atom stereocenters. The molecule has 2 heterocycles. The van der Waals surface area contributed by atoms with Crippen LogP contribution in [0.3, 0.4) is 0 Å². The van der Waals surface area contributed by atoms with Crippen molar-refractivity contribution in [2.45, 2.75) is 68.9 Å². The number of hydrogen-bond acceptors (Lipinski definition) is 4. The number of guanidine groups is 1. The summed E-state index contributed by atoms with van der Waals surface area (Å²) in [4.78, 5) is 7.17. The summed E-state index contributed by atoms with van der Waals surface area (Å²) in [5.74, 6) is 0.942. The second-order valence-corrected chi connectivity index (χ2v) is 11.0. The zero-order valence-electron chi connectivity index (χ0n) is 18.6. The normalized spacial score (nSPS) is 24.1. The molecule has 2 saturated heterocycles. The summed E-state index contributed by atoms with van der Waals surface area (Å²) in [5.41, 5.74) is 1.52. The Labute approximate surface area is 186 Å². The van der Waals surface area contributed by atoms with E-state index in [0.717, 1.165) is 44.1 Å². The van der Waals surface area contributed by atoms with Crippen LogP contribution in [0, 0.1) is 5.41 Å². The van der Waals surface area contributed by atoms with Gasteiger partial charge in [-0.15, -0.1) is 0 Å². The highest BCUT2D eigenvalue weighted by Gasteiger charge is 2.39. The first-order valence-electron chi connectivity index (χ1n) is 11.7. The minimum absolute atomic E-state index is 0.0108. The van der Waals surface area contributed by atoms with E-state index < -0.39 is 10.0 Å². The SMILES string of the molecule is CN=C(NCc1ccc(S(=O)(=O)NCC2CCCO2)cc1)N1CCC2(CCCCC2)C1. The first-order valence-corrected chi connectivity index (χ1v) is 13.1. The fourth-order valence-electron chi connectivity index (χ4n) is 5.22. The highest BCUT2D eigenvalue weighted by molar-refractivity contribution is 7.89. The molecule has 0 amide bonds. The van der Waals surface area contributed by atoms with Crippen molar-refractivity contribution in [3.63, 3.8) is 0 Å². The van der Waals surface area contributed by atoms with Crippen molar-refractivity contribution in [3.8, 4) is 0 Å². The predicted molar refractivity (Wildman–Crippen MR) is 123 cm³/mol. The molecule has 3 aliphatic rings. The van der Waals surface area contributed by atoms with E-state index in [9.17, 15) is 8.42 Å². The van der Waals surface area contributed by atoms with Crippen molar-refractivity contribution in [2.24, 2.45) is 10.4 Å². The van der Waals surface area contributed by atoms with Crippen LogP contribution in [0.25, 0.3) is 0 Å². The second kappa shape index (κ2) is 9.88. The second-order valence-electron chi connectivity index (χ2n) is 9.26. The monoisotopic (exact) mass is 448 g/mol. The third-order valence-corrected chi connectivity index (χ3v) is 8.51. The van der Waals surface area contributed by atoms with E-state index >= 15 is 0 Å². The number of rotatable bonds is 6. The topological polar surface area (TPSA) is 83.0 Å². The van der Waals surface area contributed by atoms with Crippen LogP contribution in [-0.4, -0.2) is 58.7 Å². The lowest BCUT2D eigenvalue weighted by atomic mass is 9.73. The van der Waals surface area contributed by atoms with Crippen molar-refractivity contribution in [1.29, 1.82) is 0 Å². The highest BCUT2D eigenvalue weighted by Crippen LogP contribution is 2.43. The van der Waals surface area contributed by atoms with E-state index in [1.807, 2.05) is 19.2 Å². The molecule has 1 unspecified atom stereocenters.